The summed E-state index contributed by atoms with van der Waals surface area (Å²) in [5.41, 5.74) is 4.24. The molecule has 2 heteroatoms. The van der Waals surface area contributed by atoms with E-state index in [4.69, 9.17) is 4.74 Å². The van der Waals surface area contributed by atoms with Crippen molar-refractivity contribution in [3.05, 3.63) is 65.2 Å². The Morgan fingerprint density at radius 2 is 1.80 bits per heavy atom. The molecule has 1 N–H and O–H groups in total. The monoisotopic (exact) mass is 267 g/mol. The first-order chi connectivity index (χ1) is 9.83. The molecule has 104 valence electrons. The lowest BCUT2D eigenvalue weighted by atomic mass is 9.77. The van der Waals surface area contributed by atoms with Crippen LogP contribution in [0.5, 0.6) is 5.75 Å². The minimum atomic E-state index is 0.478. The fraction of sp³-hybridized carbons (Fsp3) is 0.333. The van der Waals surface area contributed by atoms with E-state index >= 15 is 0 Å². The molecule has 1 aliphatic carbocycles. The van der Waals surface area contributed by atoms with Crippen LogP contribution in [0.3, 0.4) is 0 Å². The Labute approximate surface area is 120 Å². The third-order valence-corrected chi connectivity index (χ3v) is 4.34. The predicted molar refractivity (Wildman–Crippen MR) is 82.3 cm³/mol. The van der Waals surface area contributed by atoms with E-state index in [1.165, 1.54) is 29.5 Å². The van der Waals surface area contributed by atoms with Gasteiger partial charge in [-0.2, -0.15) is 0 Å². The minimum Gasteiger partial charge on any atom is -0.497 e. The summed E-state index contributed by atoms with van der Waals surface area (Å²) >= 11 is 0. The number of methoxy groups -OCH3 is 1. The maximum Gasteiger partial charge on any atom is 0.119 e. The molecule has 2 atom stereocenters. The highest BCUT2D eigenvalue weighted by atomic mass is 16.5. The first-order valence-electron chi connectivity index (χ1n) is 7.23. The number of ether oxygens (including phenoxy) is 1. The molecule has 0 saturated carbocycles. The molecular formula is C18H21NO. The second-order valence-corrected chi connectivity index (χ2v) is 5.38. The number of rotatable bonds is 3. The zero-order valence-corrected chi connectivity index (χ0v) is 12.1. The quantitative estimate of drug-likeness (QED) is 0.911. The summed E-state index contributed by atoms with van der Waals surface area (Å²) in [5.74, 6) is 1.42. The fourth-order valence-corrected chi connectivity index (χ4v) is 3.29. The first-order valence-corrected chi connectivity index (χ1v) is 7.23. The lowest BCUT2D eigenvalue weighted by molar-refractivity contribution is 0.413. The fourth-order valence-electron chi connectivity index (χ4n) is 3.29. The Bertz CT molecular complexity index is 593. The first kappa shape index (κ1) is 13.2. The molecular weight excluding hydrogens is 246 g/mol. The van der Waals surface area contributed by atoms with Gasteiger partial charge in [0.1, 0.15) is 5.75 Å². The molecule has 0 bridgehead atoms. The molecule has 2 aromatic rings. The average molecular weight is 267 g/mol. The Morgan fingerprint density at radius 3 is 2.55 bits per heavy atom. The number of hydrogen-bond donors (Lipinski definition) is 1. The van der Waals surface area contributed by atoms with Crippen LogP contribution in [0.2, 0.25) is 0 Å². The summed E-state index contributed by atoms with van der Waals surface area (Å²) in [6.07, 6.45) is 2.35. The molecule has 3 rings (SSSR count). The number of fused-ring (bicyclic) bond motifs is 1. The number of nitrogens with one attached hydrogen (secondary N) is 1. The van der Waals surface area contributed by atoms with Crippen LogP contribution in [0.25, 0.3) is 0 Å². The SMILES string of the molecule is CN[C@@H]1CCC(c2cccc(OC)c2)c2ccccc21. The van der Waals surface area contributed by atoms with Gasteiger partial charge in [0.05, 0.1) is 7.11 Å². The maximum absolute atomic E-state index is 5.36. The largest absolute Gasteiger partial charge is 0.497 e. The van der Waals surface area contributed by atoms with Gasteiger partial charge >= 0.3 is 0 Å². The van der Waals surface area contributed by atoms with E-state index in [-0.39, 0.29) is 0 Å². The normalized spacial score (nSPS) is 21.3. The van der Waals surface area contributed by atoms with Gasteiger partial charge in [-0.05, 0) is 48.7 Å². The molecule has 0 spiro atoms. The number of benzene rings is 2. The zero-order valence-electron chi connectivity index (χ0n) is 12.1. The summed E-state index contributed by atoms with van der Waals surface area (Å²) in [4.78, 5) is 0. The maximum atomic E-state index is 5.36. The second-order valence-electron chi connectivity index (χ2n) is 5.38. The van der Waals surface area contributed by atoms with Crippen LogP contribution in [-0.4, -0.2) is 14.2 Å². The van der Waals surface area contributed by atoms with Gasteiger partial charge < -0.3 is 10.1 Å². The number of hydrogen-bond acceptors (Lipinski definition) is 2. The molecule has 0 saturated heterocycles. The van der Waals surface area contributed by atoms with Crippen LogP contribution < -0.4 is 10.1 Å². The van der Waals surface area contributed by atoms with Gasteiger partial charge in [-0.15, -0.1) is 0 Å². The lowest BCUT2D eigenvalue weighted by Crippen LogP contribution is -2.24. The standard InChI is InChI=1S/C18H21NO/c1-19-18-11-10-15(16-8-3-4-9-17(16)18)13-6-5-7-14(12-13)20-2/h3-9,12,15,18-19H,10-11H2,1-2H3/t15?,18-/m1/s1. The Morgan fingerprint density at radius 1 is 1.00 bits per heavy atom. The van der Waals surface area contributed by atoms with E-state index in [1.807, 2.05) is 13.1 Å². The topological polar surface area (TPSA) is 21.3 Å². The third-order valence-electron chi connectivity index (χ3n) is 4.34. The van der Waals surface area contributed by atoms with E-state index in [0.29, 0.717) is 12.0 Å². The summed E-state index contributed by atoms with van der Waals surface area (Å²) < 4.78 is 5.36. The van der Waals surface area contributed by atoms with E-state index in [2.05, 4.69) is 47.8 Å². The van der Waals surface area contributed by atoms with Crippen molar-refractivity contribution in [2.75, 3.05) is 14.2 Å². The van der Waals surface area contributed by atoms with Crippen LogP contribution in [0.1, 0.15) is 41.5 Å². The van der Waals surface area contributed by atoms with Gasteiger partial charge in [0, 0.05) is 12.0 Å². The summed E-state index contributed by atoms with van der Waals surface area (Å²) in [6, 6.07) is 17.8. The van der Waals surface area contributed by atoms with E-state index in [9.17, 15) is 0 Å². The Kier molecular flexibility index (Phi) is 3.75. The van der Waals surface area contributed by atoms with Crippen molar-refractivity contribution in [2.45, 2.75) is 24.8 Å². The van der Waals surface area contributed by atoms with Crippen molar-refractivity contribution in [1.29, 1.82) is 0 Å². The van der Waals surface area contributed by atoms with Crippen molar-refractivity contribution >= 4 is 0 Å². The third kappa shape index (κ3) is 2.32. The van der Waals surface area contributed by atoms with Crippen molar-refractivity contribution in [3.8, 4) is 5.75 Å². The van der Waals surface area contributed by atoms with Gasteiger partial charge in [-0.1, -0.05) is 36.4 Å². The summed E-state index contributed by atoms with van der Waals surface area (Å²) in [5, 5.41) is 3.43. The van der Waals surface area contributed by atoms with Crippen LogP contribution >= 0.6 is 0 Å². The highest BCUT2D eigenvalue weighted by molar-refractivity contribution is 5.43. The van der Waals surface area contributed by atoms with Crippen molar-refractivity contribution in [3.63, 3.8) is 0 Å². The molecule has 2 aromatic carbocycles. The molecule has 20 heavy (non-hydrogen) atoms. The van der Waals surface area contributed by atoms with Gasteiger partial charge in [0.15, 0.2) is 0 Å². The smallest absolute Gasteiger partial charge is 0.119 e. The van der Waals surface area contributed by atoms with Gasteiger partial charge in [-0.25, -0.2) is 0 Å². The van der Waals surface area contributed by atoms with Crippen LogP contribution in [-0.2, 0) is 0 Å². The van der Waals surface area contributed by atoms with Gasteiger partial charge in [0.25, 0.3) is 0 Å². The zero-order chi connectivity index (χ0) is 13.9. The Balaban J connectivity index is 2.02. The van der Waals surface area contributed by atoms with E-state index in [0.717, 1.165) is 5.75 Å². The molecule has 0 radical (unpaired) electrons. The minimum absolute atomic E-state index is 0.478. The van der Waals surface area contributed by atoms with Gasteiger partial charge in [0.2, 0.25) is 0 Å². The molecule has 1 aliphatic rings. The van der Waals surface area contributed by atoms with Crippen molar-refractivity contribution in [2.24, 2.45) is 0 Å². The average Bonchev–Trinajstić information content (AvgIpc) is 2.54. The molecule has 0 aliphatic heterocycles. The molecule has 0 fully saturated rings. The van der Waals surface area contributed by atoms with Crippen LogP contribution in [0.4, 0.5) is 0 Å². The van der Waals surface area contributed by atoms with Crippen LogP contribution in [0, 0.1) is 0 Å². The molecule has 0 aromatic heterocycles. The summed E-state index contributed by atoms with van der Waals surface area (Å²) in [6.45, 7) is 0. The highest BCUT2D eigenvalue weighted by Gasteiger charge is 2.27. The van der Waals surface area contributed by atoms with E-state index in [1.54, 1.807) is 7.11 Å². The van der Waals surface area contributed by atoms with Crippen LogP contribution in [0.15, 0.2) is 48.5 Å². The molecule has 0 amide bonds. The van der Waals surface area contributed by atoms with Crippen molar-refractivity contribution in [1.82, 2.24) is 5.32 Å². The van der Waals surface area contributed by atoms with Crippen molar-refractivity contribution < 1.29 is 4.74 Å². The Hall–Kier alpha value is -1.80. The van der Waals surface area contributed by atoms with Gasteiger partial charge in [-0.3, -0.25) is 0 Å². The molecule has 2 nitrogen and oxygen atoms in total. The molecule has 0 heterocycles. The van der Waals surface area contributed by atoms with E-state index < -0.39 is 0 Å². The molecule has 1 unspecified atom stereocenters. The second kappa shape index (κ2) is 5.68. The lowest BCUT2D eigenvalue weighted by Gasteiger charge is -2.32. The highest BCUT2D eigenvalue weighted by Crippen LogP contribution is 2.41. The predicted octanol–water partition coefficient (Wildman–Crippen LogP) is 3.88. The summed E-state index contributed by atoms with van der Waals surface area (Å²) in [7, 11) is 3.78.